The number of carboxylic acid groups (broad SMARTS) is 1. The van der Waals surface area contributed by atoms with E-state index < -0.39 is 5.97 Å². The van der Waals surface area contributed by atoms with E-state index in [4.69, 9.17) is 5.11 Å². The minimum absolute atomic E-state index is 0.00612. The number of rotatable bonds is 5. The molecule has 2 N–H and O–H groups in total. The summed E-state index contributed by atoms with van der Waals surface area (Å²) in [5.74, 6) is -1.05. The van der Waals surface area contributed by atoms with E-state index >= 15 is 0 Å². The largest absolute Gasteiger partial charge is 0.481 e. The highest BCUT2D eigenvalue weighted by molar-refractivity contribution is 9.10. The molecule has 2 atom stereocenters. The van der Waals surface area contributed by atoms with Gasteiger partial charge < -0.3 is 10.4 Å². The van der Waals surface area contributed by atoms with Crippen LogP contribution in [0.25, 0.3) is 0 Å². The van der Waals surface area contributed by atoms with Crippen molar-refractivity contribution in [3.63, 3.8) is 0 Å². The lowest BCUT2D eigenvalue weighted by Crippen LogP contribution is -2.33. The molecular formula is C16H20BrNO3. The van der Waals surface area contributed by atoms with Crippen LogP contribution in [0.15, 0.2) is 22.7 Å². The van der Waals surface area contributed by atoms with Crippen molar-refractivity contribution in [2.24, 2.45) is 5.92 Å². The predicted octanol–water partition coefficient (Wildman–Crippen LogP) is 3.06. The first-order chi connectivity index (χ1) is 9.95. The van der Waals surface area contributed by atoms with Crippen molar-refractivity contribution in [3.05, 3.63) is 33.8 Å². The van der Waals surface area contributed by atoms with Crippen molar-refractivity contribution in [2.75, 3.05) is 0 Å². The van der Waals surface area contributed by atoms with Crippen LogP contribution >= 0.6 is 15.9 Å². The van der Waals surface area contributed by atoms with Gasteiger partial charge in [-0.05, 0) is 49.8 Å². The predicted molar refractivity (Wildman–Crippen MR) is 84.1 cm³/mol. The van der Waals surface area contributed by atoms with Crippen molar-refractivity contribution in [2.45, 2.75) is 45.1 Å². The van der Waals surface area contributed by atoms with Crippen LogP contribution in [-0.2, 0) is 16.0 Å². The molecular weight excluding hydrogens is 334 g/mol. The smallest absolute Gasteiger partial charge is 0.306 e. The van der Waals surface area contributed by atoms with E-state index in [0.29, 0.717) is 25.7 Å². The molecule has 0 heterocycles. The Bertz CT molecular complexity index is 544. The van der Waals surface area contributed by atoms with Gasteiger partial charge in [0.2, 0.25) is 5.91 Å². The van der Waals surface area contributed by atoms with Gasteiger partial charge in [-0.2, -0.15) is 0 Å². The van der Waals surface area contributed by atoms with E-state index in [1.807, 2.05) is 19.1 Å². The summed E-state index contributed by atoms with van der Waals surface area (Å²) in [6, 6.07) is 6.11. The van der Waals surface area contributed by atoms with Gasteiger partial charge in [-0.15, -0.1) is 0 Å². The Hall–Kier alpha value is -1.36. The zero-order chi connectivity index (χ0) is 15.4. The fourth-order valence-corrected chi connectivity index (χ4v) is 3.00. The molecule has 1 fully saturated rings. The third-order valence-electron chi connectivity index (χ3n) is 4.01. The van der Waals surface area contributed by atoms with Gasteiger partial charge in [-0.3, -0.25) is 9.59 Å². The van der Waals surface area contributed by atoms with Gasteiger partial charge in [0.1, 0.15) is 0 Å². The number of carboxylic acids is 1. The van der Waals surface area contributed by atoms with Crippen molar-refractivity contribution < 1.29 is 14.7 Å². The van der Waals surface area contributed by atoms with E-state index in [9.17, 15) is 9.59 Å². The average molecular weight is 354 g/mol. The molecule has 21 heavy (non-hydrogen) atoms. The van der Waals surface area contributed by atoms with Crippen LogP contribution in [0.2, 0.25) is 0 Å². The molecule has 0 bridgehead atoms. The highest BCUT2D eigenvalue weighted by Crippen LogP contribution is 2.25. The number of nitrogens with one attached hydrogen (secondary N) is 1. The van der Waals surface area contributed by atoms with Gasteiger partial charge in [0, 0.05) is 16.9 Å². The molecule has 1 aliphatic rings. The molecule has 1 aliphatic carbocycles. The third-order valence-corrected chi connectivity index (χ3v) is 4.90. The summed E-state index contributed by atoms with van der Waals surface area (Å²) in [5.41, 5.74) is 2.30. The number of hydrogen-bond acceptors (Lipinski definition) is 2. The second-order valence-electron chi connectivity index (χ2n) is 5.70. The van der Waals surface area contributed by atoms with Crippen LogP contribution in [0.4, 0.5) is 0 Å². The number of amides is 1. The summed E-state index contributed by atoms with van der Waals surface area (Å²) in [7, 11) is 0. The van der Waals surface area contributed by atoms with Crippen LogP contribution in [0.3, 0.4) is 0 Å². The molecule has 4 nitrogen and oxygen atoms in total. The Morgan fingerprint density at radius 1 is 1.38 bits per heavy atom. The lowest BCUT2D eigenvalue weighted by atomic mass is 10.1. The number of carbonyl (C=O) groups is 2. The first kappa shape index (κ1) is 16.0. The van der Waals surface area contributed by atoms with E-state index in [0.717, 1.165) is 22.0 Å². The summed E-state index contributed by atoms with van der Waals surface area (Å²) in [4.78, 5) is 22.8. The summed E-state index contributed by atoms with van der Waals surface area (Å²) in [6.07, 6.45) is 3.12. The number of hydrogen-bond donors (Lipinski definition) is 2. The maximum absolute atomic E-state index is 11.9. The molecule has 1 amide bonds. The Morgan fingerprint density at radius 3 is 2.76 bits per heavy atom. The Morgan fingerprint density at radius 2 is 2.14 bits per heavy atom. The summed E-state index contributed by atoms with van der Waals surface area (Å²) in [6.45, 7) is 2.03. The molecule has 5 heteroatoms. The van der Waals surface area contributed by atoms with Gasteiger partial charge in [0.25, 0.3) is 0 Å². The average Bonchev–Trinajstić information content (AvgIpc) is 2.89. The van der Waals surface area contributed by atoms with E-state index in [1.54, 1.807) is 0 Å². The highest BCUT2D eigenvalue weighted by atomic mass is 79.9. The standard InChI is InChI=1S/C16H20BrNO3/c1-10-8-11(2-6-14(10)17)3-7-15(19)18-13-5-4-12(9-13)16(20)21/h2,6,8,12-13H,3-5,7,9H2,1H3,(H,18,19)(H,20,21)/t12-,13+/m0/s1. The van der Waals surface area contributed by atoms with E-state index in [2.05, 4.69) is 27.3 Å². The van der Waals surface area contributed by atoms with Crippen LogP contribution in [0.5, 0.6) is 0 Å². The Balaban J connectivity index is 1.77. The Labute approximate surface area is 133 Å². The quantitative estimate of drug-likeness (QED) is 0.854. The van der Waals surface area contributed by atoms with Crippen LogP contribution in [0.1, 0.15) is 36.8 Å². The minimum Gasteiger partial charge on any atom is -0.481 e. The zero-order valence-corrected chi connectivity index (χ0v) is 13.6. The summed E-state index contributed by atoms with van der Waals surface area (Å²) >= 11 is 3.46. The molecule has 0 spiro atoms. The molecule has 2 rings (SSSR count). The molecule has 1 saturated carbocycles. The van der Waals surface area contributed by atoms with Crippen molar-refractivity contribution >= 4 is 27.8 Å². The molecule has 0 aromatic heterocycles. The second-order valence-corrected chi connectivity index (χ2v) is 6.55. The molecule has 0 aliphatic heterocycles. The van der Waals surface area contributed by atoms with Crippen LogP contribution in [0, 0.1) is 12.8 Å². The van der Waals surface area contributed by atoms with Crippen molar-refractivity contribution in [1.29, 1.82) is 0 Å². The maximum Gasteiger partial charge on any atom is 0.306 e. The SMILES string of the molecule is Cc1cc(CCC(=O)N[C@@H]2CC[C@H](C(=O)O)C2)ccc1Br. The van der Waals surface area contributed by atoms with Gasteiger partial charge in [0.15, 0.2) is 0 Å². The number of aryl methyl sites for hydroxylation is 2. The Kier molecular flexibility index (Phi) is 5.39. The molecule has 0 radical (unpaired) electrons. The lowest BCUT2D eigenvalue weighted by Gasteiger charge is -2.12. The maximum atomic E-state index is 11.9. The van der Waals surface area contributed by atoms with Crippen LogP contribution in [-0.4, -0.2) is 23.0 Å². The monoisotopic (exact) mass is 353 g/mol. The van der Waals surface area contributed by atoms with Crippen molar-refractivity contribution in [1.82, 2.24) is 5.32 Å². The first-order valence-electron chi connectivity index (χ1n) is 7.23. The zero-order valence-electron chi connectivity index (χ0n) is 12.1. The van der Waals surface area contributed by atoms with Crippen LogP contribution < -0.4 is 5.32 Å². The molecule has 1 aromatic rings. The number of aliphatic carboxylic acids is 1. The molecule has 114 valence electrons. The second kappa shape index (κ2) is 7.07. The third kappa shape index (κ3) is 4.56. The number of halogens is 1. The van der Waals surface area contributed by atoms with Gasteiger partial charge in [-0.25, -0.2) is 0 Å². The lowest BCUT2D eigenvalue weighted by molar-refractivity contribution is -0.141. The summed E-state index contributed by atoms with van der Waals surface area (Å²) in [5, 5.41) is 11.9. The summed E-state index contributed by atoms with van der Waals surface area (Å²) < 4.78 is 1.07. The fraction of sp³-hybridized carbons (Fsp3) is 0.500. The van der Waals surface area contributed by atoms with Gasteiger partial charge in [-0.1, -0.05) is 28.1 Å². The normalized spacial score (nSPS) is 21.2. The minimum atomic E-state index is -0.753. The number of benzene rings is 1. The first-order valence-corrected chi connectivity index (χ1v) is 8.02. The number of carbonyl (C=O) groups excluding carboxylic acids is 1. The van der Waals surface area contributed by atoms with Gasteiger partial charge >= 0.3 is 5.97 Å². The highest BCUT2D eigenvalue weighted by Gasteiger charge is 2.30. The topological polar surface area (TPSA) is 66.4 Å². The van der Waals surface area contributed by atoms with Gasteiger partial charge in [0.05, 0.1) is 5.92 Å². The molecule has 0 saturated heterocycles. The molecule has 0 unspecified atom stereocenters. The van der Waals surface area contributed by atoms with E-state index in [-0.39, 0.29) is 17.9 Å². The van der Waals surface area contributed by atoms with E-state index in [1.165, 1.54) is 0 Å². The van der Waals surface area contributed by atoms with Crippen molar-refractivity contribution in [3.8, 4) is 0 Å². The fourth-order valence-electron chi connectivity index (χ4n) is 2.76. The molecule has 1 aromatic carbocycles.